The normalized spacial score (nSPS) is 12.1. The van der Waals surface area contributed by atoms with Crippen LogP contribution in [0.3, 0.4) is 0 Å². The van der Waals surface area contributed by atoms with Crippen molar-refractivity contribution in [1.29, 1.82) is 0 Å². The minimum absolute atomic E-state index is 0.0848. The summed E-state index contributed by atoms with van der Waals surface area (Å²) in [5, 5.41) is 27.9. The number of benzene rings is 1. The molecule has 1 aromatic rings. The van der Waals surface area contributed by atoms with Crippen molar-refractivity contribution in [1.82, 2.24) is 0 Å². The Bertz CT molecular complexity index is 495. The number of aryl methyl sites for hydroxylation is 1. The van der Waals surface area contributed by atoms with Gasteiger partial charge in [0.15, 0.2) is 0 Å². The average Bonchev–Trinajstić information content (AvgIpc) is 2.44. The third-order valence-electron chi connectivity index (χ3n) is 3.46. The van der Waals surface area contributed by atoms with Gasteiger partial charge in [0.1, 0.15) is 0 Å². The van der Waals surface area contributed by atoms with Crippen LogP contribution in [0, 0.1) is 0 Å². The van der Waals surface area contributed by atoms with Crippen molar-refractivity contribution in [2.24, 2.45) is 0 Å². The molecule has 1 aromatic carbocycles. The quantitative estimate of drug-likeness (QED) is 0.651. The van der Waals surface area contributed by atoms with Crippen LogP contribution in [0.2, 0.25) is 0 Å². The van der Waals surface area contributed by atoms with Crippen LogP contribution in [0.25, 0.3) is 0 Å². The first-order chi connectivity index (χ1) is 9.95. The molecule has 1 rings (SSSR count). The van der Waals surface area contributed by atoms with E-state index in [2.05, 4.69) is 6.92 Å². The van der Waals surface area contributed by atoms with Crippen LogP contribution in [-0.2, 0) is 6.42 Å². The molecule has 5 heteroatoms. The maximum Gasteiger partial charge on any atom is 0.335 e. The Balaban J connectivity index is 2.69. The van der Waals surface area contributed by atoms with E-state index >= 15 is 0 Å². The van der Waals surface area contributed by atoms with Gasteiger partial charge >= 0.3 is 11.9 Å². The molecule has 0 amide bonds. The Morgan fingerprint density at radius 2 is 1.76 bits per heavy atom. The van der Waals surface area contributed by atoms with Gasteiger partial charge in [-0.25, -0.2) is 9.59 Å². The van der Waals surface area contributed by atoms with Gasteiger partial charge in [-0.1, -0.05) is 19.8 Å². The summed E-state index contributed by atoms with van der Waals surface area (Å²) in [7, 11) is 0. The van der Waals surface area contributed by atoms with E-state index in [4.69, 9.17) is 10.2 Å². The molecular weight excluding hydrogens is 272 g/mol. The van der Waals surface area contributed by atoms with E-state index in [1.54, 1.807) is 0 Å². The van der Waals surface area contributed by atoms with Crippen LogP contribution in [-0.4, -0.2) is 33.4 Å². The maximum atomic E-state index is 11.1. The van der Waals surface area contributed by atoms with Crippen LogP contribution in [0.15, 0.2) is 18.2 Å². The number of aromatic carboxylic acids is 2. The third-order valence-corrected chi connectivity index (χ3v) is 3.46. The average molecular weight is 294 g/mol. The number of carboxylic acid groups (broad SMARTS) is 2. The number of aliphatic hydroxyl groups is 1. The maximum absolute atomic E-state index is 11.1. The van der Waals surface area contributed by atoms with Gasteiger partial charge in [0.25, 0.3) is 0 Å². The van der Waals surface area contributed by atoms with E-state index in [0.29, 0.717) is 24.8 Å². The van der Waals surface area contributed by atoms with Gasteiger partial charge in [-0.05, 0) is 49.4 Å². The molecule has 1 unspecified atom stereocenters. The van der Waals surface area contributed by atoms with E-state index in [9.17, 15) is 14.7 Å². The van der Waals surface area contributed by atoms with Gasteiger partial charge in [0.05, 0.1) is 17.2 Å². The van der Waals surface area contributed by atoms with Crippen LogP contribution in [0.4, 0.5) is 0 Å². The lowest BCUT2D eigenvalue weighted by Crippen LogP contribution is -2.09. The largest absolute Gasteiger partial charge is 0.478 e. The zero-order chi connectivity index (χ0) is 15.8. The topological polar surface area (TPSA) is 94.8 Å². The van der Waals surface area contributed by atoms with E-state index < -0.39 is 11.9 Å². The fraction of sp³-hybridized carbons (Fsp3) is 0.500. The molecule has 0 aliphatic heterocycles. The monoisotopic (exact) mass is 294 g/mol. The fourth-order valence-corrected chi connectivity index (χ4v) is 2.25. The van der Waals surface area contributed by atoms with Crippen molar-refractivity contribution in [3.63, 3.8) is 0 Å². The van der Waals surface area contributed by atoms with Crippen molar-refractivity contribution < 1.29 is 24.9 Å². The molecule has 0 aliphatic rings. The summed E-state index contributed by atoms with van der Waals surface area (Å²) in [6, 6.07) is 4.03. The van der Waals surface area contributed by atoms with E-state index in [0.717, 1.165) is 19.3 Å². The van der Waals surface area contributed by atoms with Gasteiger partial charge in [-0.15, -0.1) is 0 Å². The minimum Gasteiger partial charge on any atom is -0.478 e. The van der Waals surface area contributed by atoms with Crippen LogP contribution >= 0.6 is 0 Å². The highest BCUT2D eigenvalue weighted by Crippen LogP contribution is 2.17. The zero-order valence-corrected chi connectivity index (χ0v) is 12.2. The molecule has 21 heavy (non-hydrogen) atoms. The Morgan fingerprint density at radius 1 is 1.10 bits per heavy atom. The van der Waals surface area contributed by atoms with Crippen molar-refractivity contribution in [2.45, 2.75) is 51.6 Å². The molecule has 0 aliphatic carbocycles. The first-order valence-corrected chi connectivity index (χ1v) is 7.23. The molecule has 116 valence electrons. The van der Waals surface area contributed by atoms with Crippen LogP contribution < -0.4 is 0 Å². The Kier molecular flexibility index (Phi) is 6.88. The molecule has 0 bridgehead atoms. The number of hydrogen-bond acceptors (Lipinski definition) is 3. The lowest BCUT2D eigenvalue weighted by molar-refractivity contribution is 0.0680. The zero-order valence-electron chi connectivity index (χ0n) is 12.2. The molecule has 3 N–H and O–H groups in total. The Morgan fingerprint density at radius 3 is 2.33 bits per heavy atom. The third kappa shape index (κ3) is 5.55. The number of hydrogen-bond donors (Lipinski definition) is 3. The number of unbranched alkanes of at least 4 members (excludes halogenated alkanes) is 1. The number of carbonyl (C=O) groups is 2. The second-order valence-electron chi connectivity index (χ2n) is 5.17. The number of carboxylic acids is 2. The van der Waals surface area contributed by atoms with E-state index in [1.165, 1.54) is 18.2 Å². The van der Waals surface area contributed by atoms with Gasteiger partial charge in [-0.3, -0.25) is 0 Å². The highest BCUT2D eigenvalue weighted by atomic mass is 16.4. The number of aliphatic hydroxyl groups excluding tert-OH is 1. The van der Waals surface area contributed by atoms with Crippen LogP contribution in [0.1, 0.15) is 65.3 Å². The molecule has 0 spiro atoms. The van der Waals surface area contributed by atoms with Crippen molar-refractivity contribution in [3.05, 3.63) is 34.9 Å². The predicted molar refractivity (Wildman–Crippen MR) is 78.8 cm³/mol. The first kappa shape index (κ1) is 17.2. The molecule has 0 saturated heterocycles. The highest BCUT2D eigenvalue weighted by Gasteiger charge is 2.14. The molecule has 5 nitrogen and oxygen atoms in total. The summed E-state index contributed by atoms with van der Waals surface area (Å²) in [6.07, 6.45) is 4.05. The van der Waals surface area contributed by atoms with Crippen LogP contribution in [0.5, 0.6) is 0 Å². The smallest absolute Gasteiger partial charge is 0.335 e. The van der Waals surface area contributed by atoms with E-state index in [-0.39, 0.29) is 17.2 Å². The summed E-state index contributed by atoms with van der Waals surface area (Å²) in [5.41, 5.74) is 0.717. The summed E-state index contributed by atoms with van der Waals surface area (Å²) in [5.74, 6) is -2.13. The lowest BCUT2D eigenvalue weighted by Gasteiger charge is -2.11. The SMILES string of the molecule is CCCCC(O)CCCc1cc(C(=O)O)ccc1C(=O)O. The molecule has 0 heterocycles. The van der Waals surface area contributed by atoms with E-state index in [1.807, 2.05) is 0 Å². The van der Waals surface area contributed by atoms with Gasteiger partial charge in [-0.2, -0.15) is 0 Å². The minimum atomic E-state index is -1.07. The molecule has 0 aromatic heterocycles. The Labute approximate surface area is 124 Å². The summed E-state index contributed by atoms with van der Waals surface area (Å²) in [4.78, 5) is 22.1. The second kappa shape index (κ2) is 8.42. The molecule has 0 saturated carbocycles. The predicted octanol–water partition coefficient (Wildman–Crippen LogP) is 2.96. The van der Waals surface area contributed by atoms with Gasteiger partial charge in [0.2, 0.25) is 0 Å². The van der Waals surface area contributed by atoms with Crippen molar-refractivity contribution in [3.8, 4) is 0 Å². The first-order valence-electron chi connectivity index (χ1n) is 7.23. The number of rotatable bonds is 9. The Hall–Kier alpha value is -1.88. The summed E-state index contributed by atoms with van der Waals surface area (Å²) >= 11 is 0. The summed E-state index contributed by atoms with van der Waals surface area (Å²) < 4.78 is 0. The van der Waals surface area contributed by atoms with Gasteiger partial charge in [0, 0.05) is 0 Å². The lowest BCUT2D eigenvalue weighted by atomic mass is 9.97. The van der Waals surface area contributed by atoms with Crippen molar-refractivity contribution >= 4 is 11.9 Å². The molecule has 0 radical (unpaired) electrons. The molecular formula is C16H22O5. The fourth-order valence-electron chi connectivity index (χ4n) is 2.25. The standard InChI is InChI=1S/C16H22O5/c1-2-3-6-13(17)7-4-5-11-10-12(15(18)19)8-9-14(11)16(20)21/h8-10,13,17H,2-7H2,1H3,(H,18,19)(H,20,21). The molecule has 0 fully saturated rings. The summed E-state index contributed by atoms with van der Waals surface area (Å²) in [6.45, 7) is 2.06. The highest BCUT2D eigenvalue weighted by molar-refractivity contribution is 5.93. The second-order valence-corrected chi connectivity index (χ2v) is 5.17. The molecule has 1 atom stereocenters. The van der Waals surface area contributed by atoms with Crippen molar-refractivity contribution in [2.75, 3.05) is 0 Å². The van der Waals surface area contributed by atoms with Gasteiger partial charge < -0.3 is 15.3 Å².